The van der Waals surface area contributed by atoms with E-state index in [1.54, 1.807) is 30.3 Å². The first-order chi connectivity index (χ1) is 12.5. The molecule has 0 saturated carbocycles. The van der Waals surface area contributed by atoms with E-state index in [-0.39, 0.29) is 17.3 Å². The first kappa shape index (κ1) is 18.6. The summed E-state index contributed by atoms with van der Waals surface area (Å²) in [5.74, 6) is -0.229. The van der Waals surface area contributed by atoms with E-state index in [1.807, 2.05) is 24.3 Å². The molecule has 2 aromatic rings. The predicted octanol–water partition coefficient (Wildman–Crippen LogP) is 2.72. The number of fused-ring (bicyclic) bond motifs is 1. The number of carbonyl (C=O) groups is 1. The van der Waals surface area contributed by atoms with Crippen molar-refractivity contribution >= 4 is 15.9 Å². The molecule has 0 radical (unpaired) electrons. The van der Waals surface area contributed by atoms with Crippen LogP contribution in [0.4, 0.5) is 0 Å². The van der Waals surface area contributed by atoms with Crippen molar-refractivity contribution < 1.29 is 13.2 Å². The van der Waals surface area contributed by atoms with Crippen LogP contribution in [0, 0.1) is 0 Å². The minimum Gasteiger partial charge on any atom is -0.355 e. The van der Waals surface area contributed by atoms with Crippen LogP contribution in [-0.4, -0.2) is 31.2 Å². The summed E-state index contributed by atoms with van der Waals surface area (Å²) in [5, 5.41) is 2.89. The van der Waals surface area contributed by atoms with Gasteiger partial charge in [-0.25, -0.2) is 8.42 Å². The summed E-state index contributed by atoms with van der Waals surface area (Å²) >= 11 is 0. The molecule has 2 aromatic carbocycles. The van der Waals surface area contributed by atoms with E-state index < -0.39 is 16.1 Å². The molecule has 6 heteroatoms. The maximum absolute atomic E-state index is 13.2. The number of benzene rings is 2. The maximum Gasteiger partial charge on any atom is 0.244 e. The quantitative estimate of drug-likeness (QED) is 0.793. The predicted molar refractivity (Wildman–Crippen MR) is 101 cm³/mol. The van der Waals surface area contributed by atoms with Crippen molar-refractivity contribution in [1.29, 1.82) is 0 Å². The largest absolute Gasteiger partial charge is 0.355 e. The highest BCUT2D eigenvalue weighted by atomic mass is 32.2. The summed E-state index contributed by atoms with van der Waals surface area (Å²) in [7, 11) is -3.76. The first-order valence-corrected chi connectivity index (χ1v) is 10.4. The number of carbonyl (C=O) groups excluding carboxylic acids is 1. The lowest BCUT2D eigenvalue weighted by Gasteiger charge is -2.35. The fraction of sp³-hybridized carbons (Fsp3) is 0.350. The number of sulfonamides is 1. The lowest BCUT2D eigenvalue weighted by atomic mass is 9.95. The van der Waals surface area contributed by atoms with Gasteiger partial charge in [0.25, 0.3) is 0 Å². The molecule has 0 spiro atoms. The van der Waals surface area contributed by atoms with Gasteiger partial charge in [0, 0.05) is 13.1 Å². The molecule has 0 aromatic heterocycles. The number of hydrogen-bond donors (Lipinski definition) is 1. The van der Waals surface area contributed by atoms with Crippen LogP contribution in [0.3, 0.4) is 0 Å². The van der Waals surface area contributed by atoms with Crippen LogP contribution in [0.15, 0.2) is 59.5 Å². The molecule has 3 rings (SSSR count). The van der Waals surface area contributed by atoms with Crippen molar-refractivity contribution in [1.82, 2.24) is 9.62 Å². The van der Waals surface area contributed by atoms with Gasteiger partial charge >= 0.3 is 0 Å². The second kappa shape index (κ2) is 8.01. The molecule has 1 amide bonds. The molecule has 1 aliphatic rings. The topological polar surface area (TPSA) is 66.5 Å². The van der Waals surface area contributed by atoms with Gasteiger partial charge in [0.1, 0.15) is 6.04 Å². The van der Waals surface area contributed by atoms with Gasteiger partial charge < -0.3 is 5.32 Å². The molecule has 1 N–H and O–H groups in total. The van der Waals surface area contributed by atoms with Gasteiger partial charge in [-0.05, 0) is 36.1 Å². The lowest BCUT2D eigenvalue weighted by Crippen LogP contribution is -2.52. The highest BCUT2D eigenvalue weighted by molar-refractivity contribution is 7.89. The average molecular weight is 372 g/mol. The van der Waals surface area contributed by atoms with Crippen LogP contribution >= 0.6 is 0 Å². The molecule has 0 aliphatic carbocycles. The van der Waals surface area contributed by atoms with Gasteiger partial charge in [0.15, 0.2) is 0 Å². The number of nitrogens with zero attached hydrogens (tertiary/aromatic N) is 1. The Labute approximate surface area is 155 Å². The minimum atomic E-state index is -3.76. The Kier molecular flexibility index (Phi) is 5.74. The first-order valence-electron chi connectivity index (χ1n) is 8.95. The third-order valence-corrected chi connectivity index (χ3v) is 6.56. The molecule has 0 unspecified atom stereocenters. The van der Waals surface area contributed by atoms with Crippen molar-refractivity contribution in [2.24, 2.45) is 0 Å². The number of amides is 1. The normalized spacial score (nSPS) is 17.5. The number of nitrogens with one attached hydrogen (secondary N) is 1. The Bertz CT molecular complexity index is 866. The summed E-state index contributed by atoms with van der Waals surface area (Å²) in [6.07, 6.45) is 2.24. The molecule has 0 saturated heterocycles. The standard InChI is InChI=1S/C20H24N2O3S/c1-2-3-13-21-20(23)19-14-16-9-7-8-10-17(16)15-22(19)26(24,25)18-11-5-4-6-12-18/h4-12,19H,2-3,13-15H2,1H3,(H,21,23)/t19-/m0/s1. The van der Waals surface area contributed by atoms with Gasteiger partial charge in [-0.2, -0.15) is 4.31 Å². The summed E-state index contributed by atoms with van der Waals surface area (Å²) in [6, 6.07) is 15.3. The smallest absolute Gasteiger partial charge is 0.244 e. The third-order valence-electron chi connectivity index (χ3n) is 4.69. The van der Waals surface area contributed by atoms with Crippen LogP contribution in [-0.2, 0) is 27.8 Å². The molecule has 0 fully saturated rings. The zero-order valence-electron chi connectivity index (χ0n) is 14.9. The molecule has 1 aliphatic heterocycles. The SMILES string of the molecule is CCCCNC(=O)[C@@H]1Cc2ccccc2CN1S(=O)(=O)c1ccccc1. The average Bonchev–Trinajstić information content (AvgIpc) is 2.67. The second-order valence-electron chi connectivity index (χ2n) is 6.50. The van der Waals surface area contributed by atoms with Crippen LogP contribution in [0.2, 0.25) is 0 Å². The van der Waals surface area contributed by atoms with Crippen LogP contribution in [0.1, 0.15) is 30.9 Å². The highest BCUT2D eigenvalue weighted by Gasteiger charge is 2.39. The zero-order chi connectivity index (χ0) is 18.6. The lowest BCUT2D eigenvalue weighted by molar-refractivity contribution is -0.125. The van der Waals surface area contributed by atoms with E-state index in [2.05, 4.69) is 12.2 Å². The number of hydrogen-bond acceptors (Lipinski definition) is 3. The Hall–Kier alpha value is -2.18. The molecule has 0 bridgehead atoms. The summed E-state index contributed by atoms with van der Waals surface area (Å²) in [6.45, 7) is 2.82. The van der Waals surface area contributed by atoms with Crippen LogP contribution < -0.4 is 5.32 Å². The van der Waals surface area contributed by atoms with Gasteiger partial charge in [-0.1, -0.05) is 55.8 Å². The Morgan fingerprint density at radius 1 is 1.08 bits per heavy atom. The fourth-order valence-electron chi connectivity index (χ4n) is 3.21. The second-order valence-corrected chi connectivity index (χ2v) is 8.39. The molecule has 5 nitrogen and oxygen atoms in total. The van der Waals surface area contributed by atoms with Gasteiger partial charge in [-0.15, -0.1) is 0 Å². The van der Waals surface area contributed by atoms with Gasteiger partial charge in [0.05, 0.1) is 4.90 Å². The van der Waals surface area contributed by atoms with E-state index in [4.69, 9.17) is 0 Å². The molecule has 26 heavy (non-hydrogen) atoms. The van der Waals surface area contributed by atoms with E-state index in [0.29, 0.717) is 13.0 Å². The van der Waals surface area contributed by atoms with Crippen molar-refractivity contribution in [2.45, 2.75) is 43.7 Å². The molecular weight excluding hydrogens is 348 g/mol. The van der Waals surface area contributed by atoms with E-state index in [9.17, 15) is 13.2 Å². The van der Waals surface area contributed by atoms with Crippen LogP contribution in [0.25, 0.3) is 0 Å². The Balaban J connectivity index is 1.95. The molecule has 138 valence electrons. The highest BCUT2D eigenvalue weighted by Crippen LogP contribution is 2.29. The Morgan fingerprint density at radius 3 is 2.42 bits per heavy atom. The number of unbranched alkanes of at least 4 members (excludes halogenated alkanes) is 1. The van der Waals surface area contributed by atoms with Crippen molar-refractivity contribution in [3.8, 4) is 0 Å². The molecule has 1 heterocycles. The van der Waals surface area contributed by atoms with Crippen molar-refractivity contribution in [3.05, 3.63) is 65.7 Å². The summed E-state index contributed by atoms with van der Waals surface area (Å²) in [5.41, 5.74) is 1.98. The van der Waals surface area contributed by atoms with E-state index in [0.717, 1.165) is 24.0 Å². The third kappa shape index (κ3) is 3.81. The zero-order valence-corrected chi connectivity index (χ0v) is 15.7. The fourth-order valence-corrected chi connectivity index (χ4v) is 4.80. The molecule has 1 atom stereocenters. The molecular formula is C20H24N2O3S. The number of rotatable bonds is 6. The van der Waals surface area contributed by atoms with Crippen LogP contribution in [0.5, 0.6) is 0 Å². The van der Waals surface area contributed by atoms with Gasteiger partial charge in [0.2, 0.25) is 15.9 Å². The Morgan fingerprint density at radius 2 is 1.73 bits per heavy atom. The van der Waals surface area contributed by atoms with E-state index >= 15 is 0 Å². The van der Waals surface area contributed by atoms with E-state index in [1.165, 1.54) is 4.31 Å². The van der Waals surface area contributed by atoms with Gasteiger partial charge in [-0.3, -0.25) is 4.79 Å². The maximum atomic E-state index is 13.2. The summed E-state index contributed by atoms with van der Waals surface area (Å²) < 4.78 is 27.7. The van der Waals surface area contributed by atoms with Crippen molar-refractivity contribution in [3.63, 3.8) is 0 Å². The summed E-state index contributed by atoms with van der Waals surface area (Å²) in [4.78, 5) is 13.0. The minimum absolute atomic E-state index is 0.208. The van der Waals surface area contributed by atoms with Crippen molar-refractivity contribution in [2.75, 3.05) is 6.54 Å². The monoisotopic (exact) mass is 372 g/mol.